The van der Waals surface area contributed by atoms with E-state index in [0.29, 0.717) is 28.8 Å². The average Bonchev–Trinajstić information content (AvgIpc) is 3.14. The Balaban J connectivity index is 1.37. The lowest BCUT2D eigenvalue weighted by Gasteiger charge is -2.33. The molecule has 1 saturated carbocycles. The van der Waals surface area contributed by atoms with Crippen LogP contribution in [0, 0.1) is 5.92 Å². The van der Waals surface area contributed by atoms with Crippen molar-refractivity contribution in [2.45, 2.75) is 31.8 Å². The monoisotopic (exact) mass is 390 g/mol. The molecule has 0 bridgehead atoms. The van der Waals surface area contributed by atoms with E-state index in [4.69, 9.17) is 21.2 Å². The molecule has 3 heterocycles. The molecule has 5 N–H and O–H groups in total. The second-order valence-corrected chi connectivity index (χ2v) is 7.47. The highest BCUT2D eigenvalue weighted by Crippen LogP contribution is 2.41. The standard InChI is InChI=1S/C20H22N8O/c1-29-15-4-2-3-13-16(15)26-20(22)28-19(13)27-17(21)10-5-11(6-10)18-24-8-12-7-23-9-14(12)25-18/h2-4,8,10-11,23H,5-7,9H2,1H3,(H4,21,22,26,27,28). The highest BCUT2D eigenvalue weighted by Gasteiger charge is 2.35. The number of nitrogen functional groups attached to an aromatic ring is 1. The zero-order chi connectivity index (χ0) is 20.0. The summed E-state index contributed by atoms with van der Waals surface area (Å²) in [5, 5.41) is 4.05. The minimum absolute atomic E-state index is 0.139. The van der Waals surface area contributed by atoms with Crippen molar-refractivity contribution >= 4 is 28.5 Å². The molecular formula is C20H22N8O. The molecule has 9 heteroatoms. The molecule has 2 aromatic heterocycles. The first-order valence-corrected chi connectivity index (χ1v) is 9.62. The minimum Gasteiger partial charge on any atom is -0.494 e. The predicted molar refractivity (Wildman–Crippen MR) is 110 cm³/mol. The van der Waals surface area contributed by atoms with Gasteiger partial charge in [0.05, 0.1) is 12.8 Å². The molecule has 148 valence electrons. The average molecular weight is 390 g/mol. The van der Waals surface area contributed by atoms with Crippen LogP contribution < -0.4 is 21.5 Å². The zero-order valence-electron chi connectivity index (χ0n) is 16.1. The molecular weight excluding hydrogens is 368 g/mol. The normalized spacial score (nSPS) is 21.1. The largest absolute Gasteiger partial charge is 0.494 e. The zero-order valence-corrected chi connectivity index (χ0v) is 16.1. The van der Waals surface area contributed by atoms with Gasteiger partial charge in [-0.2, -0.15) is 4.98 Å². The number of benzene rings is 1. The minimum atomic E-state index is 0.139. The van der Waals surface area contributed by atoms with E-state index in [1.54, 1.807) is 7.11 Å². The second kappa shape index (κ2) is 6.93. The van der Waals surface area contributed by atoms with Crippen molar-refractivity contribution in [2.75, 3.05) is 12.8 Å². The number of aliphatic imine (C=N–C) groups is 1. The Bertz CT molecular complexity index is 1120. The summed E-state index contributed by atoms with van der Waals surface area (Å²) in [7, 11) is 1.59. The number of hydrogen-bond donors (Lipinski definition) is 3. The van der Waals surface area contributed by atoms with E-state index in [1.165, 1.54) is 5.56 Å². The van der Waals surface area contributed by atoms with Gasteiger partial charge in [0.15, 0.2) is 5.82 Å². The van der Waals surface area contributed by atoms with Crippen LogP contribution in [0.1, 0.15) is 35.8 Å². The molecule has 5 rings (SSSR count). The van der Waals surface area contributed by atoms with E-state index in [9.17, 15) is 0 Å². The molecule has 0 saturated heterocycles. The number of nitrogens with two attached hydrogens (primary N) is 2. The fourth-order valence-electron chi connectivity index (χ4n) is 3.93. The lowest BCUT2D eigenvalue weighted by molar-refractivity contribution is 0.328. The molecule has 1 aliphatic heterocycles. The number of aromatic nitrogens is 4. The summed E-state index contributed by atoms with van der Waals surface area (Å²) in [6.45, 7) is 1.67. The van der Waals surface area contributed by atoms with Crippen LogP contribution in [-0.4, -0.2) is 32.9 Å². The number of rotatable bonds is 4. The van der Waals surface area contributed by atoms with Crippen LogP contribution in [0.4, 0.5) is 11.8 Å². The molecule has 0 spiro atoms. The van der Waals surface area contributed by atoms with Crippen molar-refractivity contribution in [3.63, 3.8) is 0 Å². The van der Waals surface area contributed by atoms with Gasteiger partial charge in [0, 0.05) is 42.1 Å². The summed E-state index contributed by atoms with van der Waals surface area (Å²) in [5.41, 5.74) is 15.1. The van der Waals surface area contributed by atoms with Gasteiger partial charge < -0.3 is 21.5 Å². The van der Waals surface area contributed by atoms with E-state index in [1.807, 2.05) is 24.4 Å². The third-order valence-electron chi connectivity index (χ3n) is 5.64. The number of hydrogen-bond acceptors (Lipinski definition) is 8. The number of nitrogens with one attached hydrogen (secondary N) is 1. The van der Waals surface area contributed by atoms with Crippen LogP contribution in [-0.2, 0) is 13.1 Å². The van der Waals surface area contributed by atoms with Gasteiger partial charge in [0.1, 0.15) is 22.9 Å². The van der Waals surface area contributed by atoms with Crippen molar-refractivity contribution in [1.82, 2.24) is 25.3 Å². The summed E-state index contributed by atoms with van der Waals surface area (Å²) in [6, 6.07) is 5.59. The lowest BCUT2D eigenvalue weighted by Crippen LogP contribution is -2.35. The maximum Gasteiger partial charge on any atom is 0.222 e. The quantitative estimate of drug-likeness (QED) is 0.453. The third-order valence-corrected chi connectivity index (χ3v) is 5.64. The smallest absolute Gasteiger partial charge is 0.222 e. The van der Waals surface area contributed by atoms with E-state index < -0.39 is 0 Å². The van der Waals surface area contributed by atoms with Gasteiger partial charge >= 0.3 is 0 Å². The van der Waals surface area contributed by atoms with Gasteiger partial charge in [0.2, 0.25) is 5.95 Å². The van der Waals surface area contributed by atoms with Gasteiger partial charge in [-0.25, -0.2) is 19.9 Å². The number of amidine groups is 1. The van der Waals surface area contributed by atoms with Gasteiger partial charge in [0.25, 0.3) is 0 Å². The van der Waals surface area contributed by atoms with Crippen LogP contribution in [0.5, 0.6) is 5.75 Å². The van der Waals surface area contributed by atoms with Gasteiger partial charge in [-0.15, -0.1) is 0 Å². The van der Waals surface area contributed by atoms with Gasteiger partial charge in [-0.05, 0) is 25.0 Å². The fraction of sp³-hybridized carbons (Fsp3) is 0.350. The molecule has 1 aliphatic carbocycles. The first-order valence-electron chi connectivity index (χ1n) is 9.62. The molecule has 1 fully saturated rings. The summed E-state index contributed by atoms with van der Waals surface area (Å²) < 4.78 is 5.37. The maximum atomic E-state index is 6.32. The summed E-state index contributed by atoms with van der Waals surface area (Å²) >= 11 is 0. The van der Waals surface area contributed by atoms with E-state index >= 15 is 0 Å². The topological polar surface area (TPSA) is 137 Å². The van der Waals surface area contributed by atoms with E-state index in [0.717, 1.165) is 42.8 Å². The van der Waals surface area contributed by atoms with Crippen LogP contribution >= 0.6 is 0 Å². The van der Waals surface area contributed by atoms with Crippen LogP contribution in [0.15, 0.2) is 29.4 Å². The van der Waals surface area contributed by atoms with Crippen molar-refractivity contribution in [3.8, 4) is 5.75 Å². The van der Waals surface area contributed by atoms with E-state index in [2.05, 4.69) is 25.3 Å². The van der Waals surface area contributed by atoms with Gasteiger partial charge in [-0.3, -0.25) is 0 Å². The van der Waals surface area contributed by atoms with Gasteiger partial charge in [-0.1, -0.05) is 6.07 Å². The van der Waals surface area contributed by atoms with Crippen molar-refractivity contribution in [1.29, 1.82) is 0 Å². The molecule has 0 atom stereocenters. The Kier molecular flexibility index (Phi) is 4.24. The molecule has 2 aliphatic rings. The SMILES string of the molecule is COc1cccc2c(N=C(N)C3CC(c4ncc5c(n4)CNC5)C3)nc(N)nc12. The lowest BCUT2D eigenvalue weighted by atomic mass is 9.73. The highest BCUT2D eigenvalue weighted by atomic mass is 16.5. The second-order valence-electron chi connectivity index (χ2n) is 7.47. The molecule has 0 amide bonds. The fourth-order valence-corrected chi connectivity index (χ4v) is 3.93. The van der Waals surface area contributed by atoms with Crippen LogP contribution in [0.2, 0.25) is 0 Å². The highest BCUT2D eigenvalue weighted by molar-refractivity contribution is 5.96. The first-order chi connectivity index (χ1) is 14.1. The maximum absolute atomic E-state index is 6.32. The summed E-state index contributed by atoms with van der Waals surface area (Å²) in [5.74, 6) is 3.16. The Hall–Kier alpha value is -3.33. The van der Waals surface area contributed by atoms with Crippen LogP contribution in [0.25, 0.3) is 10.9 Å². The van der Waals surface area contributed by atoms with Crippen molar-refractivity contribution in [2.24, 2.45) is 16.6 Å². The predicted octanol–water partition coefficient (Wildman–Crippen LogP) is 1.80. The Morgan fingerprint density at radius 3 is 2.90 bits per heavy atom. The summed E-state index contributed by atoms with van der Waals surface area (Å²) in [4.78, 5) is 22.4. The number of ether oxygens (including phenoxy) is 1. The van der Waals surface area contributed by atoms with E-state index in [-0.39, 0.29) is 11.9 Å². The molecule has 0 unspecified atom stereocenters. The number of para-hydroxylation sites is 1. The molecule has 29 heavy (non-hydrogen) atoms. The summed E-state index contributed by atoms with van der Waals surface area (Å²) in [6.07, 6.45) is 3.69. The molecule has 3 aromatic rings. The number of nitrogens with zero attached hydrogens (tertiary/aromatic N) is 5. The number of fused-ring (bicyclic) bond motifs is 2. The molecule has 0 radical (unpaired) electrons. The molecule has 9 nitrogen and oxygen atoms in total. The van der Waals surface area contributed by atoms with Crippen molar-refractivity contribution in [3.05, 3.63) is 41.5 Å². The van der Waals surface area contributed by atoms with Crippen LogP contribution in [0.3, 0.4) is 0 Å². The Labute approximate surface area is 167 Å². The Morgan fingerprint density at radius 1 is 1.21 bits per heavy atom. The number of methoxy groups -OCH3 is 1. The third kappa shape index (κ3) is 3.13. The molecule has 1 aromatic carbocycles. The Morgan fingerprint density at radius 2 is 2.07 bits per heavy atom. The van der Waals surface area contributed by atoms with Crippen molar-refractivity contribution < 1.29 is 4.74 Å². The number of anilines is 1. The first kappa shape index (κ1) is 17.7.